The molecule has 6 heteroatoms. The molecule has 0 aromatic heterocycles. The Morgan fingerprint density at radius 1 is 1.25 bits per heavy atom. The standard InChI is InChI=1S/C14H16F2N2O2/c1-8-4-5-9(15)12(11(8)16)18-7-6-10(19)17-14(2,3)13(18)20/h4-5H,6-7H2,1-3H3,(H,17,19). The Balaban J connectivity index is 2.54. The second-order valence-corrected chi connectivity index (χ2v) is 5.41. The van der Waals surface area contributed by atoms with E-state index in [1.807, 2.05) is 0 Å². The third-order valence-corrected chi connectivity index (χ3v) is 3.32. The molecule has 1 heterocycles. The van der Waals surface area contributed by atoms with Crippen LogP contribution in [0.25, 0.3) is 0 Å². The summed E-state index contributed by atoms with van der Waals surface area (Å²) >= 11 is 0. The molecule has 1 aliphatic heterocycles. The summed E-state index contributed by atoms with van der Waals surface area (Å²) in [6.45, 7) is 4.47. The number of nitrogens with one attached hydrogen (secondary N) is 1. The molecule has 2 amide bonds. The highest BCUT2D eigenvalue weighted by Crippen LogP contribution is 2.29. The van der Waals surface area contributed by atoms with Crippen molar-refractivity contribution in [3.8, 4) is 0 Å². The van der Waals surface area contributed by atoms with Gasteiger partial charge in [-0.3, -0.25) is 9.59 Å². The topological polar surface area (TPSA) is 49.4 Å². The van der Waals surface area contributed by atoms with Crippen LogP contribution in [0.5, 0.6) is 0 Å². The number of hydrogen-bond acceptors (Lipinski definition) is 2. The first-order chi connectivity index (χ1) is 9.24. The lowest BCUT2D eigenvalue weighted by atomic mass is 10.0. The van der Waals surface area contributed by atoms with Gasteiger partial charge < -0.3 is 10.2 Å². The molecule has 1 aromatic rings. The third-order valence-electron chi connectivity index (χ3n) is 3.32. The molecule has 0 spiro atoms. The fourth-order valence-electron chi connectivity index (χ4n) is 2.22. The van der Waals surface area contributed by atoms with E-state index in [0.29, 0.717) is 0 Å². The second-order valence-electron chi connectivity index (χ2n) is 5.41. The number of carbonyl (C=O) groups excluding carboxylic acids is 2. The molecule has 1 aliphatic rings. The van der Waals surface area contributed by atoms with Crippen LogP contribution < -0.4 is 10.2 Å². The van der Waals surface area contributed by atoms with E-state index in [1.54, 1.807) is 0 Å². The van der Waals surface area contributed by atoms with Crippen LogP contribution in [-0.2, 0) is 9.59 Å². The Hall–Kier alpha value is -1.98. The minimum atomic E-state index is -1.20. The predicted octanol–water partition coefficient (Wildman–Crippen LogP) is 1.90. The predicted molar refractivity (Wildman–Crippen MR) is 70.3 cm³/mol. The van der Waals surface area contributed by atoms with Gasteiger partial charge in [0.1, 0.15) is 17.0 Å². The largest absolute Gasteiger partial charge is 0.342 e. The first-order valence-electron chi connectivity index (χ1n) is 6.31. The first-order valence-corrected chi connectivity index (χ1v) is 6.31. The van der Waals surface area contributed by atoms with Gasteiger partial charge in [-0.1, -0.05) is 6.07 Å². The Morgan fingerprint density at radius 3 is 2.55 bits per heavy atom. The summed E-state index contributed by atoms with van der Waals surface area (Å²) in [5.41, 5.74) is -1.34. The molecule has 0 aliphatic carbocycles. The minimum Gasteiger partial charge on any atom is -0.342 e. The maximum atomic E-state index is 14.2. The number of halogens is 2. The number of benzene rings is 1. The molecule has 20 heavy (non-hydrogen) atoms. The maximum absolute atomic E-state index is 14.2. The van der Waals surface area contributed by atoms with Crippen LogP contribution in [0.4, 0.5) is 14.5 Å². The van der Waals surface area contributed by atoms with Crippen LogP contribution in [0.3, 0.4) is 0 Å². The van der Waals surface area contributed by atoms with Gasteiger partial charge in [0, 0.05) is 13.0 Å². The summed E-state index contributed by atoms with van der Waals surface area (Å²) in [6, 6.07) is 2.43. The van der Waals surface area contributed by atoms with E-state index in [0.717, 1.165) is 11.0 Å². The number of aryl methyl sites for hydroxylation is 1. The van der Waals surface area contributed by atoms with E-state index in [4.69, 9.17) is 0 Å². The molecule has 0 atom stereocenters. The average Bonchev–Trinajstić information content (AvgIpc) is 2.45. The van der Waals surface area contributed by atoms with E-state index < -0.39 is 23.1 Å². The average molecular weight is 282 g/mol. The van der Waals surface area contributed by atoms with E-state index in [9.17, 15) is 18.4 Å². The van der Waals surface area contributed by atoms with Gasteiger partial charge in [-0.15, -0.1) is 0 Å². The maximum Gasteiger partial charge on any atom is 0.252 e. The zero-order chi connectivity index (χ0) is 15.1. The van der Waals surface area contributed by atoms with Crippen molar-refractivity contribution >= 4 is 17.5 Å². The Morgan fingerprint density at radius 2 is 1.90 bits per heavy atom. The van der Waals surface area contributed by atoms with Gasteiger partial charge in [-0.25, -0.2) is 8.78 Å². The molecule has 0 unspecified atom stereocenters. The van der Waals surface area contributed by atoms with E-state index in [1.165, 1.54) is 26.8 Å². The summed E-state index contributed by atoms with van der Waals surface area (Å²) in [4.78, 5) is 25.0. The second kappa shape index (κ2) is 4.85. The van der Waals surface area contributed by atoms with Crippen molar-refractivity contribution < 1.29 is 18.4 Å². The molecule has 0 bridgehead atoms. The van der Waals surface area contributed by atoms with Gasteiger partial charge in [0.25, 0.3) is 5.91 Å². The lowest BCUT2D eigenvalue weighted by Crippen LogP contribution is -2.53. The van der Waals surface area contributed by atoms with Gasteiger partial charge in [-0.2, -0.15) is 0 Å². The highest BCUT2D eigenvalue weighted by atomic mass is 19.1. The van der Waals surface area contributed by atoms with Crippen LogP contribution in [0.15, 0.2) is 12.1 Å². The van der Waals surface area contributed by atoms with E-state index in [-0.39, 0.29) is 30.1 Å². The quantitative estimate of drug-likeness (QED) is 0.855. The number of carbonyl (C=O) groups is 2. The molecule has 4 nitrogen and oxygen atoms in total. The van der Waals surface area contributed by atoms with E-state index >= 15 is 0 Å². The van der Waals surface area contributed by atoms with Crippen molar-refractivity contribution in [2.75, 3.05) is 11.4 Å². The van der Waals surface area contributed by atoms with Crippen molar-refractivity contribution in [2.24, 2.45) is 0 Å². The number of hydrogen-bond donors (Lipinski definition) is 1. The summed E-state index contributed by atoms with van der Waals surface area (Å²) in [7, 11) is 0. The highest BCUT2D eigenvalue weighted by molar-refractivity contribution is 6.03. The molecule has 1 saturated heterocycles. The van der Waals surface area contributed by atoms with Crippen LogP contribution in [0.2, 0.25) is 0 Å². The summed E-state index contributed by atoms with van der Waals surface area (Å²) in [6.07, 6.45) is 0.00198. The van der Waals surface area contributed by atoms with Crippen LogP contribution in [0, 0.1) is 18.6 Å². The van der Waals surface area contributed by atoms with Gasteiger partial charge in [0.15, 0.2) is 5.82 Å². The lowest BCUT2D eigenvalue weighted by molar-refractivity contribution is -0.128. The number of amides is 2. The molecule has 108 valence electrons. The molecule has 1 fully saturated rings. The zero-order valence-corrected chi connectivity index (χ0v) is 11.6. The van der Waals surface area contributed by atoms with Crippen LogP contribution >= 0.6 is 0 Å². The molecule has 0 saturated carbocycles. The molecule has 1 N–H and O–H groups in total. The normalized spacial score (nSPS) is 18.8. The van der Waals surface area contributed by atoms with Crippen LogP contribution in [0.1, 0.15) is 25.8 Å². The lowest BCUT2D eigenvalue weighted by Gasteiger charge is -2.29. The monoisotopic (exact) mass is 282 g/mol. The smallest absolute Gasteiger partial charge is 0.252 e. The fraction of sp³-hybridized carbons (Fsp3) is 0.429. The SMILES string of the molecule is Cc1ccc(F)c(N2CCC(=O)NC(C)(C)C2=O)c1F. The van der Waals surface area contributed by atoms with E-state index in [2.05, 4.69) is 5.32 Å². The molecular formula is C14H16F2N2O2. The van der Waals surface area contributed by atoms with Gasteiger partial charge >= 0.3 is 0 Å². The van der Waals surface area contributed by atoms with Crippen molar-refractivity contribution in [2.45, 2.75) is 32.7 Å². The van der Waals surface area contributed by atoms with Crippen molar-refractivity contribution in [1.82, 2.24) is 5.32 Å². The fourth-order valence-corrected chi connectivity index (χ4v) is 2.22. The molecule has 0 radical (unpaired) electrons. The Kier molecular flexibility index (Phi) is 3.50. The number of anilines is 1. The summed E-state index contributed by atoms with van der Waals surface area (Å²) in [5, 5.41) is 2.55. The molecule has 2 rings (SSSR count). The van der Waals surface area contributed by atoms with Crippen molar-refractivity contribution in [1.29, 1.82) is 0 Å². The molecule has 1 aromatic carbocycles. The van der Waals surface area contributed by atoms with Crippen molar-refractivity contribution in [3.05, 3.63) is 29.3 Å². The zero-order valence-electron chi connectivity index (χ0n) is 11.6. The minimum absolute atomic E-state index is 0.00198. The third kappa shape index (κ3) is 2.37. The number of rotatable bonds is 1. The summed E-state index contributed by atoms with van der Waals surface area (Å²) < 4.78 is 28.1. The van der Waals surface area contributed by atoms with Gasteiger partial charge in [0.05, 0.1) is 0 Å². The number of nitrogens with zero attached hydrogens (tertiary/aromatic N) is 1. The van der Waals surface area contributed by atoms with Crippen molar-refractivity contribution in [3.63, 3.8) is 0 Å². The van der Waals surface area contributed by atoms with Gasteiger partial charge in [0.2, 0.25) is 5.91 Å². The molecular weight excluding hydrogens is 266 g/mol. The summed E-state index contributed by atoms with van der Waals surface area (Å²) in [5.74, 6) is -2.44. The Bertz CT molecular complexity index is 585. The highest BCUT2D eigenvalue weighted by Gasteiger charge is 2.39. The van der Waals surface area contributed by atoms with Crippen LogP contribution in [-0.4, -0.2) is 23.9 Å². The Labute approximate surface area is 115 Å². The first kappa shape index (κ1) is 14.4. The van der Waals surface area contributed by atoms with Gasteiger partial charge in [-0.05, 0) is 32.4 Å².